The predicted molar refractivity (Wildman–Crippen MR) is 94.9 cm³/mol. The number of rotatable bonds is 13. The molecule has 0 saturated heterocycles. The minimum Gasteiger partial charge on any atom is -0.469 e. The Morgan fingerprint density at radius 3 is 2.27 bits per heavy atom. The Balaban J connectivity index is 4.17. The van der Waals surface area contributed by atoms with Crippen LogP contribution in [0.25, 0.3) is 0 Å². The molecule has 4 N–H and O–H groups in total. The highest BCUT2D eigenvalue weighted by molar-refractivity contribution is 5.89. The first kappa shape index (κ1) is 23.8. The molecule has 0 aliphatic heterocycles. The summed E-state index contributed by atoms with van der Waals surface area (Å²) in [6.07, 6.45) is 3.46. The summed E-state index contributed by atoms with van der Waals surface area (Å²) >= 11 is 0. The number of ether oxygens (including phenoxy) is 2. The Morgan fingerprint density at radius 2 is 1.69 bits per heavy atom. The lowest BCUT2D eigenvalue weighted by Crippen LogP contribution is -2.51. The highest BCUT2D eigenvalue weighted by atomic mass is 16.5. The number of nitrogens with two attached hydrogens (primary N) is 1. The number of methoxy groups -OCH3 is 1. The zero-order valence-electron chi connectivity index (χ0n) is 15.8. The number of esters is 2. The van der Waals surface area contributed by atoms with Crippen molar-refractivity contribution >= 4 is 23.8 Å². The van der Waals surface area contributed by atoms with Crippen LogP contribution in [-0.2, 0) is 28.7 Å². The highest BCUT2D eigenvalue weighted by Gasteiger charge is 2.22. The van der Waals surface area contributed by atoms with Crippen molar-refractivity contribution in [1.29, 1.82) is 0 Å². The third-order valence-electron chi connectivity index (χ3n) is 3.59. The number of amides is 2. The maximum absolute atomic E-state index is 12.2. The molecular formula is C17H31N3O6. The molecule has 26 heavy (non-hydrogen) atoms. The SMILES string of the molecule is COC(=O)CC[C@@H](NC(=O)[C@@H](C)N)C(=O)NCCCCCCOC(C)=O. The number of hydrogen-bond acceptors (Lipinski definition) is 7. The van der Waals surface area contributed by atoms with Crippen LogP contribution in [0.15, 0.2) is 0 Å². The van der Waals surface area contributed by atoms with Gasteiger partial charge in [-0.05, 0) is 32.6 Å². The molecule has 2 amide bonds. The first-order valence-corrected chi connectivity index (χ1v) is 8.81. The van der Waals surface area contributed by atoms with E-state index in [2.05, 4.69) is 15.4 Å². The van der Waals surface area contributed by atoms with E-state index < -0.39 is 24.0 Å². The number of carbonyl (C=O) groups excluding carboxylic acids is 4. The average Bonchev–Trinajstić information content (AvgIpc) is 2.59. The number of carbonyl (C=O) groups is 4. The van der Waals surface area contributed by atoms with Crippen LogP contribution in [0.3, 0.4) is 0 Å². The van der Waals surface area contributed by atoms with Crippen molar-refractivity contribution in [2.45, 2.75) is 64.5 Å². The molecule has 0 radical (unpaired) electrons. The molecule has 0 aromatic carbocycles. The minimum absolute atomic E-state index is 0.0178. The smallest absolute Gasteiger partial charge is 0.305 e. The molecule has 9 nitrogen and oxygen atoms in total. The first-order valence-electron chi connectivity index (χ1n) is 8.81. The molecule has 150 valence electrons. The van der Waals surface area contributed by atoms with Crippen LogP contribution >= 0.6 is 0 Å². The van der Waals surface area contributed by atoms with E-state index in [1.807, 2.05) is 0 Å². The fourth-order valence-electron chi connectivity index (χ4n) is 2.07. The lowest BCUT2D eigenvalue weighted by atomic mass is 10.1. The third-order valence-corrected chi connectivity index (χ3v) is 3.59. The number of unbranched alkanes of at least 4 members (excludes halogenated alkanes) is 3. The van der Waals surface area contributed by atoms with Crippen LogP contribution in [0.1, 0.15) is 52.4 Å². The first-order chi connectivity index (χ1) is 12.3. The van der Waals surface area contributed by atoms with Crippen molar-refractivity contribution in [3.8, 4) is 0 Å². The topological polar surface area (TPSA) is 137 Å². The maximum Gasteiger partial charge on any atom is 0.305 e. The van der Waals surface area contributed by atoms with Gasteiger partial charge >= 0.3 is 11.9 Å². The van der Waals surface area contributed by atoms with E-state index in [1.54, 1.807) is 0 Å². The van der Waals surface area contributed by atoms with Crippen LogP contribution in [-0.4, -0.2) is 56.1 Å². The fourth-order valence-corrected chi connectivity index (χ4v) is 2.07. The average molecular weight is 373 g/mol. The van der Waals surface area contributed by atoms with E-state index in [0.717, 1.165) is 25.7 Å². The van der Waals surface area contributed by atoms with Gasteiger partial charge in [0.1, 0.15) is 6.04 Å². The molecule has 0 bridgehead atoms. The number of nitrogens with one attached hydrogen (secondary N) is 2. The van der Waals surface area contributed by atoms with Crippen molar-refractivity contribution in [1.82, 2.24) is 10.6 Å². The second-order valence-corrected chi connectivity index (χ2v) is 6.01. The van der Waals surface area contributed by atoms with E-state index in [9.17, 15) is 19.2 Å². The summed E-state index contributed by atoms with van der Waals surface area (Å²) in [6.45, 7) is 3.74. The monoisotopic (exact) mass is 373 g/mol. The Labute approximate surface area is 154 Å². The van der Waals surface area contributed by atoms with E-state index >= 15 is 0 Å². The molecular weight excluding hydrogens is 342 g/mol. The molecule has 0 aromatic rings. The van der Waals surface area contributed by atoms with Crippen molar-refractivity contribution in [2.75, 3.05) is 20.3 Å². The van der Waals surface area contributed by atoms with Crippen molar-refractivity contribution in [3.63, 3.8) is 0 Å². The summed E-state index contributed by atoms with van der Waals surface area (Å²) in [4.78, 5) is 45.8. The van der Waals surface area contributed by atoms with Crippen molar-refractivity contribution < 1.29 is 28.7 Å². The largest absolute Gasteiger partial charge is 0.469 e. The number of hydrogen-bond donors (Lipinski definition) is 3. The predicted octanol–water partition coefficient (Wildman–Crippen LogP) is 0.0113. The lowest BCUT2D eigenvalue weighted by Gasteiger charge is -2.19. The quantitative estimate of drug-likeness (QED) is 0.305. The van der Waals surface area contributed by atoms with Gasteiger partial charge in [0.15, 0.2) is 0 Å². The van der Waals surface area contributed by atoms with Gasteiger partial charge in [-0.1, -0.05) is 6.42 Å². The standard InChI is InChI=1S/C17H31N3O6/c1-12(18)16(23)20-14(8-9-15(22)25-3)17(24)19-10-6-4-5-7-11-26-13(2)21/h12,14H,4-11,18H2,1-3H3,(H,19,24)(H,20,23)/t12-,14-/m1/s1. The molecule has 0 rings (SSSR count). The second-order valence-electron chi connectivity index (χ2n) is 6.01. The van der Waals surface area contributed by atoms with E-state index in [4.69, 9.17) is 10.5 Å². The van der Waals surface area contributed by atoms with Gasteiger partial charge in [0.2, 0.25) is 11.8 Å². The lowest BCUT2D eigenvalue weighted by molar-refractivity contribution is -0.142. The van der Waals surface area contributed by atoms with Crippen LogP contribution in [0, 0.1) is 0 Å². The summed E-state index contributed by atoms with van der Waals surface area (Å²) in [5, 5.41) is 5.29. The summed E-state index contributed by atoms with van der Waals surface area (Å²) in [6, 6.07) is -1.59. The summed E-state index contributed by atoms with van der Waals surface area (Å²) in [7, 11) is 1.26. The molecule has 0 unspecified atom stereocenters. The van der Waals surface area contributed by atoms with E-state index in [1.165, 1.54) is 21.0 Å². The molecule has 0 spiro atoms. The molecule has 0 fully saturated rings. The fraction of sp³-hybridized carbons (Fsp3) is 0.765. The van der Waals surface area contributed by atoms with Gasteiger partial charge in [0, 0.05) is 19.9 Å². The van der Waals surface area contributed by atoms with Gasteiger partial charge in [-0.15, -0.1) is 0 Å². The van der Waals surface area contributed by atoms with Gasteiger partial charge in [-0.25, -0.2) is 0 Å². The molecule has 9 heteroatoms. The molecule has 0 saturated carbocycles. The Bertz CT molecular complexity index is 467. The summed E-state index contributed by atoms with van der Waals surface area (Å²) < 4.78 is 9.39. The summed E-state index contributed by atoms with van der Waals surface area (Å²) in [5.74, 6) is -1.56. The third kappa shape index (κ3) is 12.2. The Kier molecular flexibility index (Phi) is 12.9. The molecule has 0 aliphatic rings. The van der Waals surface area contributed by atoms with Gasteiger partial charge in [0.25, 0.3) is 0 Å². The van der Waals surface area contributed by atoms with E-state index in [0.29, 0.717) is 13.2 Å². The maximum atomic E-state index is 12.2. The zero-order valence-corrected chi connectivity index (χ0v) is 15.8. The molecule has 0 heterocycles. The minimum atomic E-state index is -0.837. The van der Waals surface area contributed by atoms with Crippen molar-refractivity contribution in [2.24, 2.45) is 5.73 Å². The normalized spacial score (nSPS) is 12.6. The van der Waals surface area contributed by atoms with Crippen LogP contribution in [0.2, 0.25) is 0 Å². The van der Waals surface area contributed by atoms with Crippen LogP contribution in [0.4, 0.5) is 0 Å². The molecule has 0 aliphatic carbocycles. The van der Waals surface area contributed by atoms with Crippen LogP contribution < -0.4 is 16.4 Å². The van der Waals surface area contributed by atoms with Crippen LogP contribution in [0.5, 0.6) is 0 Å². The Morgan fingerprint density at radius 1 is 1.04 bits per heavy atom. The Hall–Kier alpha value is -2.16. The zero-order chi connectivity index (χ0) is 19.9. The van der Waals surface area contributed by atoms with Gasteiger partial charge in [0.05, 0.1) is 19.8 Å². The van der Waals surface area contributed by atoms with Gasteiger partial charge in [-0.2, -0.15) is 0 Å². The summed E-state index contributed by atoms with van der Waals surface area (Å²) in [5.41, 5.74) is 5.50. The van der Waals surface area contributed by atoms with Gasteiger partial charge in [-0.3, -0.25) is 19.2 Å². The molecule has 2 atom stereocenters. The van der Waals surface area contributed by atoms with E-state index in [-0.39, 0.29) is 24.7 Å². The van der Waals surface area contributed by atoms with Gasteiger partial charge < -0.3 is 25.8 Å². The van der Waals surface area contributed by atoms with Crippen molar-refractivity contribution in [3.05, 3.63) is 0 Å². The second kappa shape index (κ2) is 14.1. The highest BCUT2D eigenvalue weighted by Crippen LogP contribution is 2.02. The molecule has 0 aromatic heterocycles.